The summed E-state index contributed by atoms with van der Waals surface area (Å²) < 4.78 is 10.4. The Bertz CT molecular complexity index is 646. The number of methoxy groups -OCH3 is 1. The molecule has 0 saturated carbocycles. The van der Waals surface area contributed by atoms with Crippen LogP contribution >= 0.6 is 0 Å². The number of nitrogens with one attached hydrogen (secondary N) is 2. The van der Waals surface area contributed by atoms with E-state index < -0.39 is 11.8 Å². The molecule has 0 spiro atoms. The highest BCUT2D eigenvalue weighted by atomic mass is 16.5. The zero-order valence-electron chi connectivity index (χ0n) is 11.9. The molecule has 1 aromatic carbocycles. The third kappa shape index (κ3) is 4.20. The molecule has 114 valence electrons. The Morgan fingerprint density at radius 3 is 2.41 bits per heavy atom. The predicted octanol–water partition coefficient (Wildman–Crippen LogP) is 0.930. The number of rotatable bonds is 5. The lowest BCUT2D eigenvalue weighted by atomic mass is 10.3. The van der Waals surface area contributed by atoms with E-state index in [-0.39, 0.29) is 6.61 Å². The molecular formula is C15H15N3O4. The van der Waals surface area contributed by atoms with Gasteiger partial charge in [-0.1, -0.05) is 12.1 Å². The Morgan fingerprint density at radius 2 is 1.73 bits per heavy atom. The van der Waals surface area contributed by atoms with Crippen LogP contribution in [0.3, 0.4) is 0 Å². The van der Waals surface area contributed by atoms with Crippen molar-refractivity contribution < 1.29 is 19.1 Å². The number of para-hydroxylation sites is 2. The van der Waals surface area contributed by atoms with Gasteiger partial charge in [-0.3, -0.25) is 25.4 Å². The number of carbonyl (C=O) groups is 2. The first-order chi connectivity index (χ1) is 10.7. The molecule has 7 nitrogen and oxygen atoms in total. The number of benzene rings is 1. The quantitative estimate of drug-likeness (QED) is 0.802. The van der Waals surface area contributed by atoms with Crippen molar-refractivity contribution in [2.24, 2.45) is 0 Å². The van der Waals surface area contributed by atoms with E-state index in [1.165, 1.54) is 31.6 Å². The fraction of sp³-hybridized carbons (Fsp3) is 0.133. The Morgan fingerprint density at radius 1 is 1.05 bits per heavy atom. The van der Waals surface area contributed by atoms with Crippen LogP contribution in [0, 0.1) is 0 Å². The number of amides is 2. The molecule has 0 unspecified atom stereocenters. The van der Waals surface area contributed by atoms with Crippen molar-refractivity contribution in [3.63, 3.8) is 0 Å². The van der Waals surface area contributed by atoms with E-state index in [2.05, 4.69) is 15.8 Å². The van der Waals surface area contributed by atoms with E-state index in [9.17, 15) is 9.59 Å². The summed E-state index contributed by atoms with van der Waals surface area (Å²) in [6.07, 6.45) is 2.98. The zero-order valence-corrected chi connectivity index (χ0v) is 11.9. The van der Waals surface area contributed by atoms with E-state index >= 15 is 0 Å². The van der Waals surface area contributed by atoms with Crippen molar-refractivity contribution in [3.8, 4) is 11.5 Å². The number of hydrazine groups is 1. The summed E-state index contributed by atoms with van der Waals surface area (Å²) in [4.78, 5) is 27.2. The minimum absolute atomic E-state index is 0.253. The van der Waals surface area contributed by atoms with Gasteiger partial charge in [-0.05, 0) is 24.3 Å². The monoisotopic (exact) mass is 301 g/mol. The first-order valence-electron chi connectivity index (χ1n) is 6.45. The molecule has 22 heavy (non-hydrogen) atoms. The summed E-state index contributed by atoms with van der Waals surface area (Å²) in [6.45, 7) is -0.253. The lowest BCUT2D eigenvalue weighted by Crippen LogP contribution is -2.43. The fourth-order valence-electron chi connectivity index (χ4n) is 1.62. The summed E-state index contributed by atoms with van der Waals surface area (Å²) in [6, 6.07) is 10.0. The fourth-order valence-corrected chi connectivity index (χ4v) is 1.62. The molecule has 0 atom stereocenters. The maximum Gasteiger partial charge on any atom is 0.276 e. The van der Waals surface area contributed by atoms with Crippen LogP contribution in [0.15, 0.2) is 48.8 Å². The van der Waals surface area contributed by atoms with Gasteiger partial charge in [0.05, 0.1) is 7.11 Å². The molecule has 2 aromatic rings. The van der Waals surface area contributed by atoms with Gasteiger partial charge in [-0.25, -0.2) is 0 Å². The van der Waals surface area contributed by atoms with Crippen LogP contribution in [-0.2, 0) is 4.79 Å². The maximum atomic E-state index is 11.7. The molecule has 0 bridgehead atoms. The van der Waals surface area contributed by atoms with Gasteiger partial charge in [0.15, 0.2) is 18.1 Å². The number of hydrogen-bond acceptors (Lipinski definition) is 5. The van der Waals surface area contributed by atoms with Gasteiger partial charge in [0.25, 0.3) is 11.8 Å². The van der Waals surface area contributed by atoms with Crippen LogP contribution in [-0.4, -0.2) is 30.5 Å². The van der Waals surface area contributed by atoms with Gasteiger partial charge >= 0.3 is 0 Å². The molecule has 2 N–H and O–H groups in total. The molecule has 1 heterocycles. The van der Waals surface area contributed by atoms with Gasteiger partial charge in [0.1, 0.15) is 0 Å². The normalized spacial score (nSPS) is 9.68. The standard InChI is InChI=1S/C15H15N3O4/c1-21-12-4-2-3-5-13(12)22-10-14(19)17-18-15(20)11-6-8-16-9-7-11/h2-9H,10H2,1H3,(H,17,19)(H,18,20). The van der Waals surface area contributed by atoms with Gasteiger partial charge in [-0.15, -0.1) is 0 Å². The second-order valence-corrected chi connectivity index (χ2v) is 4.18. The summed E-state index contributed by atoms with van der Waals surface area (Å²) in [5, 5.41) is 0. The lowest BCUT2D eigenvalue weighted by molar-refractivity contribution is -0.123. The number of carbonyl (C=O) groups excluding carboxylic acids is 2. The number of pyridine rings is 1. The highest BCUT2D eigenvalue weighted by Crippen LogP contribution is 2.25. The van der Waals surface area contributed by atoms with E-state index in [4.69, 9.17) is 9.47 Å². The topological polar surface area (TPSA) is 89.5 Å². The van der Waals surface area contributed by atoms with Gasteiger partial charge in [0, 0.05) is 18.0 Å². The van der Waals surface area contributed by atoms with Crippen LogP contribution in [0.2, 0.25) is 0 Å². The molecule has 1 aromatic heterocycles. The van der Waals surface area contributed by atoms with Crippen molar-refractivity contribution in [1.29, 1.82) is 0 Å². The van der Waals surface area contributed by atoms with Crippen LogP contribution in [0.5, 0.6) is 11.5 Å². The Balaban J connectivity index is 1.80. The number of hydrogen-bond donors (Lipinski definition) is 2. The van der Waals surface area contributed by atoms with E-state index in [0.717, 1.165) is 0 Å². The van der Waals surface area contributed by atoms with E-state index in [1.807, 2.05) is 0 Å². The largest absolute Gasteiger partial charge is 0.493 e. The van der Waals surface area contributed by atoms with Crippen LogP contribution < -0.4 is 20.3 Å². The second kappa shape index (κ2) is 7.63. The molecule has 0 aliphatic heterocycles. The number of nitrogens with zero attached hydrogens (tertiary/aromatic N) is 1. The van der Waals surface area contributed by atoms with Crippen LogP contribution in [0.1, 0.15) is 10.4 Å². The van der Waals surface area contributed by atoms with Crippen molar-refractivity contribution in [2.75, 3.05) is 13.7 Å². The summed E-state index contributed by atoms with van der Waals surface area (Å²) in [5.41, 5.74) is 4.94. The van der Waals surface area contributed by atoms with Crippen molar-refractivity contribution in [2.45, 2.75) is 0 Å². The maximum absolute atomic E-state index is 11.7. The zero-order chi connectivity index (χ0) is 15.8. The molecule has 0 saturated heterocycles. The summed E-state index contributed by atoms with van der Waals surface area (Å²) in [5.74, 6) is 0.0399. The SMILES string of the molecule is COc1ccccc1OCC(=O)NNC(=O)c1ccncc1. The smallest absolute Gasteiger partial charge is 0.276 e. The Labute approximate surface area is 127 Å². The van der Waals surface area contributed by atoms with Gasteiger partial charge in [-0.2, -0.15) is 0 Å². The molecule has 0 aliphatic rings. The molecular weight excluding hydrogens is 286 g/mol. The highest BCUT2D eigenvalue weighted by Gasteiger charge is 2.09. The Kier molecular flexibility index (Phi) is 5.31. The molecule has 7 heteroatoms. The molecule has 2 rings (SSSR count). The molecule has 0 aliphatic carbocycles. The first kappa shape index (κ1) is 15.3. The van der Waals surface area contributed by atoms with Crippen LogP contribution in [0.4, 0.5) is 0 Å². The average molecular weight is 301 g/mol. The average Bonchev–Trinajstić information content (AvgIpc) is 2.58. The summed E-state index contributed by atoms with van der Waals surface area (Å²) in [7, 11) is 1.51. The summed E-state index contributed by atoms with van der Waals surface area (Å²) >= 11 is 0. The molecule has 0 fully saturated rings. The number of ether oxygens (including phenoxy) is 2. The van der Waals surface area contributed by atoms with E-state index in [0.29, 0.717) is 17.1 Å². The minimum atomic E-state index is -0.492. The van der Waals surface area contributed by atoms with Gasteiger partial charge in [0.2, 0.25) is 0 Å². The van der Waals surface area contributed by atoms with Crippen molar-refractivity contribution in [3.05, 3.63) is 54.4 Å². The van der Waals surface area contributed by atoms with E-state index in [1.54, 1.807) is 24.3 Å². The molecule has 0 radical (unpaired) electrons. The molecule has 2 amide bonds. The first-order valence-corrected chi connectivity index (χ1v) is 6.45. The lowest BCUT2D eigenvalue weighted by Gasteiger charge is -2.11. The number of aromatic nitrogens is 1. The van der Waals surface area contributed by atoms with Gasteiger partial charge < -0.3 is 9.47 Å². The Hall–Kier alpha value is -3.09. The second-order valence-electron chi connectivity index (χ2n) is 4.18. The predicted molar refractivity (Wildman–Crippen MR) is 78.3 cm³/mol. The third-order valence-corrected chi connectivity index (χ3v) is 2.69. The van der Waals surface area contributed by atoms with Crippen molar-refractivity contribution >= 4 is 11.8 Å². The highest BCUT2D eigenvalue weighted by molar-refractivity contribution is 5.95. The van der Waals surface area contributed by atoms with Crippen molar-refractivity contribution in [1.82, 2.24) is 15.8 Å². The third-order valence-electron chi connectivity index (χ3n) is 2.69. The minimum Gasteiger partial charge on any atom is -0.493 e. The van der Waals surface area contributed by atoms with Crippen LogP contribution in [0.25, 0.3) is 0 Å².